The average molecular weight is 170 g/mol. The Morgan fingerprint density at radius 1 is 1.17 bits per heavy atom. The van der Waals surface area contributed by atoms with Gasteiger partial charge in [0.2, 0.25) is 0 Å². The first-order chi connectivity index (χ1) is 5.92. The molecule has 0 aromatic carbocycles. The number of epoxide rings is 1. The molecule has 0 radical (unpaired) electrons. The highest BCUT2D eigenvalue weighted by atomic mass is 16.6. The van der Waals surface area contributed by atoms with E-state index in [1.807, 2.05) is 0 Å². The van der Waals surface area contributed by atoms with Crippen LogP contribution in [0.4, 0.5) is 0 Å². The minimum absolute atomic E-state index is 0.286. The maximum atomic E-state index is 8.71. The predicted molar refractivity (Wildman–Crippen MR) is 46.9 cm³/mol. The molecule has 2 atom stereocenters. The Morgan fingerprint density at radius 3 is 2.58 bits per heavy atom. The van der Waals surface area contributed by atoms with Crippen LogP contribution in [0.15, 0.2) is 0 Å². The van der Waals surface area contributed by atoms with Crippen molar-refractivity contribution in [1.29, 1.82) is 0 Å². The van der Waals surface area contributed by atoms with Crippen molar-refractivity contribution >= 4 is 0 Å². The van der Waals surface area contributed by atoms with Crippen LogP contribution in [-0.4, -0.2) is 23.9 Å². The van der Waals surface area contributed by atoms with Crippen molar-refractivity contribution in [2.24, 2.45) is 5.92 Å². The summed E-state index contributed by atoms with van der Waals surface area (Å²) in [4.78, 5) is 0. The summed E-state index contributed by atoms with van der Waals surface area (Å²) in [7, 11) is 0. The molecule has 2 nitrogen and oxygen atoms in total. The highest BCUT2D eigenvalue weighted by Gasteiger charge is 2.43. The summed E-state index contributed by atoms with van der Waals surface area (Å²) in [5.74, 6) is 0.815. The second-order valence-electron chi connectivity index (χ2n) is 4.05. The van der Waals surface area contributed by atoms with Crippen LogP contribution in [-0.2, 0) is 4.74 Å². The van der Waals surface area contributed by atoms with E-state index in [0.717, 1.165) is 12.3 Å². The Labute approximate surface area is 73.9 Å². The highest BCUT2D eigenvalue weighted by Crippen LogP contribution is 2.39. The largest absolute Gasteiger partial charge is 0.396 e. The molecule has 2 rings (SSSR count). The molecule has 12 heavy (non-hydrogen) atoms. The maximum Gasteiger partial charge on any atom is 0.0870 e. The molecule has 0 spiro atoms. The Hall–Kier alpha value is -0.0800. The van der Waals surface area contributed by atoms with Gasteiger partial charge in [0.25, 0.3) is 0 Å². The summed E-state index contributed by atoms with van der Waals surface area (Å²) in [5.41, 5.74) is 0. The molecular weight excluding hydrogens is 152 g/mol. The van der Waals surface area contributed by atoms with E-state index in [2.05, 4.69) is 0 Å². The van der Waals surface area contributed by atoms with Gasteiger partial charge in [0.1, 0.15) is 0 Å². The third kappa shape index (κ3) is 1.80. The predicted octanol–water partition coefficient (Wildman–Crippen LogP) is 1.72. The first-order valence-corrected chi connectivity index (χ1v) is 5.18. The lowest BCUT2D eigenvalue weighted by atomic mass is 9.85. The first kappa shape index (κ1) is 8.52. The lowest BCUT2D eigenvalue weighted by Gasteiger charge is -2.19. The van der Waals surface area contributed by atoms with E-state index in [1.54, 1.807) is 0 Å². The summed E-state index contributed by atoms with van der Waals surface area (Å²) in [5, 5.41) is 8.71. The zero-order valence-electron chi connectivity index (χ0n) is 7.54. The third-order valence-electron chi connectivity index (χ3n) is 3.15. The average Bonchev–Trinajstić information content (AvgIpc) is 2.87. The fraction of sp³-hybridized carbons (Fsp3) is 1.00. The molecule has 2 heteroatoms. The van der Waals surface area contributed by atoms with Crippen LogP contribution in [0.2, 0.25) is 0 Å². The van der Waals surface area contributed by atoms with Crippen LogP contribution >= 0.6 is 0 Å². The van der Waals surface area contributed by atoms with Gasteiger partial charge in [0, 0.05) is 6.61 Å². The smallest absolute Gasteiger partial charge is 0.0870 e. The van der Waals surface area contributed by atoms with E-state index >= 15 is 0 Å². The number of rotatable bonds is 3. The highest BCUT2D eigenvalue weighted by molar-refractivity contribution is 4.91. The standard InChI is InChI=1S/C10H18O2/c11-7-6-9-10(12-9)8-4-2-1-3-5-8/h8-11H,1-7H2/t9-,10+/m1/s1. The van der Waals surface area contributed by atoms with Gasteiger partial charge in [-0.05, 0) is 25.2 Å². The summed E-state index contributed by atoms with van der Waals surface area (Å²) >= 11 is 0. The van der Waals surface area contributed by atoms with Crippen molar-refractivity contribution in [2.45, 2.75) is 50.7 Å². The van der Waals surface area contributed by atoms with Crippen molar-refractivity contribution < 1.29 is 9.84 Å². The number of ether oxygens (including phenoxy) is 1. The van der Waals surface area contributed by atoms with Crippen LogP contribution < -0.4 is 0 Å². The molecule has 1 N–H and O–H groups in total. The van der Waals surface area contributed by atoms with E-state index in [0.29, 0.717) is 12.2 Å². The molecule has 1 saturated heterocycles. The van der Waals surface area contributed by atoms with E-state index in [9.17, 15) is 0 Å². The molecule has 0 aromatic rings. The molecule has 0 unspecified atom stereocenters. The monoisotopic (exact) mass is 170 g/mol. The summed E-state index contributed by atoms with van der Waals surface area (Å²) in [6.07, 6.45) is 8.65. The lowest BCUT2D eigenvalue weighted by molar-refractivity contribution is 0.248. The molecule has 0 amide bonds. The molecule has 1 heterocycles. The molecule has 1 aliphatic carbocycles. The summed E-state index contributed by atoms with van der Waals surface area (Å²) in [6, 6.07) is 0. The third-order valence-corrected chi connectivity index (χ3v) is 3.15. The topological polar surface area (TPSA) is 32.8 Å². The second kappa shape index (κ2) is 3.75. The van der Waals surface area contributed by atoms with Gasteiger partial charge in [-0.1, -0.05) is 19.3 Å². The molecule has 2 aliphatic rings. The number of hydrogen-bond acceptors (Lipinski definition) is 2. The fourth-order valence-electron chi connectivity index (χ4n) is 2.39. The zero-order chi connectivity index (χ0) is 8.39. The number of aliphatic hydroxyl groups excluding tert-OH is 1. The van der Waals surface area contributed by atoms with Gasteiger partial charge >= 0.3 is 0 Å². The Balaban J connectivity index is 1.72. The normalized spacial score (nSPS) is 36.8. The molecule has 0 aromatic heterocycles. The van der Waals surface area contributed by atoms with Crippen LogP contribution in [0, 0.1) is 5.92 Å². The van der Waals surface area contributed by atoms with Gasteiger partial charge in [-0.2, -0.15) is 0 Å². The molecular formula is C10H18O2. The SMILES string of the molecule is OCC[C@H]1O[C@H]1C1CCCCC1. The Kier molecular flexibility index (Phi) is 2.66. The minimum Gasteiger partial charge on any atom is -0.396 e. The summed E-state index contributed by atoms with van der Waals surface area (Å²) < 4.78 is 5.54. The maximum absolute atomic E-state index is 8.71. The molecule has 70 valence electrons. The zero-order valence-corrected chi connectivity index (χ0v) is 7.54. The van der Waals surface area contributed by atoms with Gasteiger partial charge in [0.05, 0.1) is 12.2 Å². The molecule has 2 fully saturated rings. The first-order valence-electron chi connectivity index (χ1n) is 5.18. The lowest BCUT2D eigenvalue weighted by Crippen LogP contribution is -2.14. The van der Waals surface area contributed by atoms with E-state index in [4.69, 9.17) is 9.84 Å². The van der Waals surface area contributed by atoms with Crippen LogP contribution in [0.25, 0.3) is 0 Å². The summed E-state index contributed by atoms with van der Waals surface area (Å²) in [6.45, 7) is 0.286. The van der Waals surface area contributed by atoms with Gasteiger partial charge in [-0.25, -0.2) is 0 Å². The fourth-order valence-corrected chi connectivity index (χ4v) is 2.39. The minimum atomic E-state index is 0.286. The molecule has 1 saturated carbocycles. The van der Waals surface area contributed by atoms with Gasteiger partial charge in [-0.3, -0.25) is 0 Å². The van der Waals surface area contributed by atoms with Crippen molar-refractivity contribution in [1.82, 2.24) is 0 Å². The van der Waals surface area contributed by atoms with E-state index < -0.39 is 0 Å². The number of hydrogen-bond donors (Lipinski definition) is 1. The van der Waals surface area contributed by atoms with Crippen LogP contribution in [0.3, 0.4) is 0 Å². The Bertz CT molecular complexity index is 141. The molecule has 1 aliphatic heterocycles. The van der Waals surface area contributed by atoms with Crippen LogP contribution in [0.1, 0.15) is 38.5 Å². The van der Waals surface area contributed by atoms with Crippen molar-refractivity contribution in [3.05, 3.63) is 0 Å². The van der Waals surface area contributed by atoms with Crippen molar-refractivity contribution in [3.8, 4) is 0 Å². The van der Waals surface area contributed by atoms with Crippen LogP contribution in [0.5, 0.6) is 0 Å². The van der Waals surface area contributed by atoms with Gasteiger partial charge < -0.3 is 9.84 Å². The molecule has 0 bridgehead atoms. The second-order valence-corrected chi connectivity index (χ2v) is 4.05. The Morgan fingerprint density at radius 2 is 1.92 bits per heavy atom. The van der Waals surface area contributed by atoms with Crippen molar-refractivity contribution in [3.63, 3.8) is 0 Å². The van der Waals surface area contributed by atoms with Crippen molar-refractivity contribution in [2.75, 3.05) is 6.61 Å². The van der Waals surface area contributed by atoms with E-state index in [-0.39, 0.29) is 6.61 Å². The van der Waals surface area contributed by atoms with Gasteiger partial charge in [-0.15, -0.1) is 0 Å². The number of aliphatic hydroxyl groups is 1. The van der Waals surface area contributed by atoms with Gasteiger partial charge in [0.15, 0.2) is 0 Å². The quantitative estimate of drug-likeness (QED) is 0.654. The van der Waals surface area contributed by atoms with E-state index in [1.165, 1.54) is 32.1 Å².